The van der Waals surface area contributed by atoms with Crippen LogP contribution in [-0.2, 0) is 0 Å². The lowest BCUT2D eigenvalue weighted by Gasteiger charge is -2.41. The third kappa shape index (κ3) is 2.77. The van der Waals surface area contributed by atoms with Crippen molar-refractivity contribution in [1.29, 1.82) is 0 Å². The monoisotopic (exact) mass is 407 g/mol. The van der Waals surface area contributed by atoms with Gasteiger partial charge in [-0.25, -0.2) is 0 Å². The van der Waals surface area contributed by atoms with E-state index in [9.17, 15) is 1.37 Å². The van der Waals surface area contributed by atoms with E-state index in [2.05, 4.69) is 96.4 Å². The Balaban J connectivity index is 1.63. The summed E-state index contributed by atoms with van der Waals surface area (Å²) in [5.41, 5.74) is 8.44. The number of benzene rings is 3. The van der Waals surface area contributed by atoms with Crippen LogP contribution >= 0.6 is 0 Å². The van der Waals surface area contributed by atoms with E-state index in [4.69, 9.17) is 0 Å². The predicted octanol–water partition coefficient (Wildman–Crippen LogP) is 7.13. The summed E-state index contributed by atoms with van der Waals surface area (Å²) in [7, 11) is 0. The largest absolute Gasteiger partial charge is 0.337 e. The zero-order valence-electron chi connectivity index (χ0n) is 19.4. The summed E-state index contributed by atoms with van der Waals surface area (Å²) in [4.78, 5) is 5.02. The van der Waals surface area contributed by atoms with Gasteiger partial charge in [0.25, 0.3) is 0 Å². The van der Waals surface area contributed by atoms with Gasteiger partial charge in [-0.2, -0.15) is 0 Å². The van der Waals surface area contributed by atoms with Crippen LogP contribution in [-0.4, -0.2) is 11.1 Å². The van der Waals surface area contributed by atoms with Gasteiger partial charge in [0.2, 0.25) is 0 Å². The minimum Gasteiger partial charge on any atom is -0.337 e. The van der Waals surface area contributed by atoms with Crippen LogP contribution < -0.4 is 4.90 Å². The van der Waals surface area contributed by atoms with Gasteiger partial charge in [-0.3, -0.25) is 0 Å². The number of nitrogens with zero attached hydrogens (tertiary/aromatic N) is 2. The predicted molar refractivity (Wildman–Crippen MR) is 129 cm³/mol. The molecule has 0 saturated heterocycles. The number of hydrogen-bond donors (Lipinski definition) is 0. The molecule has 2 atom stereocenters. The van der Waals surface area contributed by atoms with E-state index in [-0.39, 0.29) is 6.17 Å². The fraction of sp³-hybridized carbons (Fsp3) is 0.310. The Morgan fingerprint density at radius 3 is 2.26 bits per heavy atom. The number of hydrogen-bond acceptors (Lipinski definition) is 2. The van der Waals surface area contributed by atoms with Crippen molar-refractivity contribution in [3.05, 3.63) is 107 Å². The number of allylic oxidation sites excluding steroid dienone is 1. The van der Waals surface area contributed by atoms with Crippen molar-refractivity contribution in [2.45, 2.75) is 51.7 Å². The standard InChI is InChI=1S/C29H30N2/c1-20-12-6-11-19-26(20)30-21(2)27-24-17-9-10-18-25(24)28(22-13-4-3-5-14-22)31(27)29(30)23-15-7-8-16-23/h3-6,9-14,17-19,23,28-29H,7-8,15-16H2,1-2H3/i28D. The van der Waals surface area contributed by atoms with E-state index >= 15 is 0 Å². The van der Waals surface area contributed by atoms with Crippen LogP contribution in [0.5, 0.6) is 0 Å². The fourth-order valence-electron chi connectivity index (χ4n) is 6.05. The molecule has 3 aromatic rings. The van der Waals surface area contributed by atoms with Gasteiger partial charge in [0.15, 0.2) is 0 Å². The van der Waals surface area contributed by atoms with E-state index < -0.39 is 6.02 Å². The van der Waals surface area contributed by atoms with Gasteiger partial charge in [-0.1, -0.05) is 85.6 Å². The first-order valence-electron chi connectivity index (χ1n) is 12.1. The Bertz CT molecular complexity index is 1190. The van der Waals surface area contributed by atoms with Gasteiger partial charge in [-0.05, 0) is 55.4 Å². The van der Waals surface area contributed by atoms with E-state index in [0.717, 1.165) is 11.1 Å². The molecule has 0 spiro atoms. The number of aryl methyl sites for hydroxylation is 1. The molecule has 0 aromatic heterocycles. The second kappa shape index (κ2) is 7.30. The lowest BCUT2D eigenvalue weighted by Crippen LogP contribution is -2.46. The van der Waals surface area contributed by atoms with Crippen molar-refractivity contribution in [2.75, 3.05) is 4.90 Å². The molecule has 2 heteroatoms. The first-order valence-corrected chi connectivity index (χ1v) is 11.6. The molecule has 2 aliphatic heterocycles. The summed E-state index contributed by atoms with van der Waals surface area (Å²) >= 11 is 0. The quantitative estimate of drug-likeness (QED) is 0.456. The average molecular weight is 408 g/mol. The topological polar surface area (TPSA) is 6.48 Å². The SMILES string of the molecule is [2H]C1(c2ccccc2)c2ccccc2C2=C(C)N(c3ccccc3C)C(C3CCCC3)N21. The van der Waals surface area contributed by atoms with E-state index in [1.807, 2.05) is 6.07 Å². The van der Waals surface area contributed by atoms with Crippen LogP contribution in [0.3, 0.4) is 0 Å². The lowest BCUT2D eigenvalue weighted by atomic mass is 9.94. The highest BCUT2D eigenvalue weighted by Crippen LogP contribution is 2.55. The molecule has 3 aromatic carbocycles. The molecular weight excluding hydrogens is 376 g/mol. The van der Waals surface area contributed by atoms with Crippen LogP contribution in [0, 0.1) is 12.8 Å². The molecule has 3 aliphatic rings. The highest BCUT2D eigenvalue weighted by atomic mass is 15.4. The smallest absolute Gasteiger partial charge is 0.110 e. The van der Waals surface area contributed by atoms with Crippen molar-refractivity contribution >= 4 is 11.4 Å². The Morgan fingerprint density at radius 2 is 1.48 bits per heavy atom. The zero-order valence-corrected chi connectivity index (χ0v) is 18.4. The minimum absolute atomic E-state index is 0.152. The molecule has 2 nitrogen and oxygen atoms in total. The maximum absolute atomic E-state index is 10.1. The van der Waals surface area contributed by atoms with E-state index in [0.29, 0.717) is 5.92 Å². The number of anilines is 1. The zero-order chi connectivity index (χ0) is 21.9. The van der Waals surface area contributed by atoms with E-state index in [1.165, 1.54) is 53.9 Å². The summed E-state index contributed by atoms with van der Waals surface area (Å²) in [5.74, 6) is 0.546. The minimum atomic E-state index is -0.931. The van der Waals surface area contributed by atoms with Crippen LogP contribution in [0.2, 0.25) is 0 Å². The molecule has 0 N–H and O–H groups in total. The maximum Gasteiger partial charge on any atom is 0.110 e. The third-order valence-electron chi connectivity index (χ3n) is 7.40. The highest BCUT2D eigenvalue weighted by molar-refractivity contribution is 5.83. The molecule has 2 heterocycles. The molecule has 1 aliphatic carbocycles. The number of para-hydroxylation sites is 1. The first-order chi connectivity index (χ1) is 15.6. The van der Waals surface area contributed by atoms with Crippen molar-refractivity contribution < 1.29 is 1.37 Å². The third-order valence-corrected chi connectivity index (χ3v) is 7.40. The van der Waals surface area contributed by atoms with Gasteiger partial charge in [-0.15, -0.1) is 0 Å². The Hall–Kier alpha value is -3.00. The van der Waals surface area contributed by atoms with Gasteiger partial charge in [0.1, 0.15) is 6.17 Å². The van der Waals surface area contributed by atoms with Crippen LogP contribution in [0.4, 0.5) is 5.69 Å². The number of rotatable bonds is 3. The molecule has 0 radical (unpaired) electrons. The van der Waals surface area contributed by atoms with Crippen LogP contribution in [0.25, 0.3) is 5.70 Å². The summed E-state index contributed by atoms with van der Waals surface area (Å²) in [6.45, 7) is 4.47. The second-order valence-electron chi connectivity index (χ2n) is 9.18. The van der Waals surface area contributed by atoms with Gasteiger partial charge in [0, 0.05) is 16.9 Å². The first kappa shape index (κ1) is 17.7. The number of fused-ring (bicyclic) bond motifs is 3. The van der Waals surface area contributed by atoms with Gasteiger partial charge < -0.3 is 9.80 Å². The normalized spacial score (nSPS) is 25.7. The summed E-state index contributed by atoms with van der Waals surface area (Å²) < 4.78 is 10.1. The molecule has 0 bridgehead atoms. The highest BCUT2D eigenvalue weighted by Gasteiger charge is 2.50. The van der Waals surface area contributed by atoms with Crippen LogP contribution in [0.1, 0.15) is 62.2 Å². The van der Waals surface area contributed by atoms with Crippen molar-refractivity contribution in [2.24, 2.45) is 5.92 Å². The molecule has 2 unspecified atom stereocenters. The molecule has 1 fully saturated rings. The van der Waals surface area contributed by atoms with Crippen molar-refractivity contribution in [3.63, 3.8) is 0 Å². The van der Waals surface area contributed by atoms with Gasteiger partial charge >= 0.3 is 0 Å². The molecule has 156 valence electrons. The summed E-state index contributed by atoms with van der Waals surface area (Å²) in [5, 5.41) is 0. The Kier molecular flexibility index (Phi) is 4.16. The van der Waals surface area contributed by atoms with Crippen molar-refractivity contribution in [1.82, 2.24) is 4.90 Å². The molecule has 6 rings (SSSR count). The fourth-order valence-corrected chi connectivity index (χ4v) is 6.05. The Labute approximate surface area is 187 Å². The molecule has 31 heavy (non-hydrogen) atoms. The lowest BCUT2D eigenvalue weighted by molar-refractivity contribution is 0.208. The summed E-state index contributed by atoms with van der Waals surface area (Å²) in [6.07, 6.45) is 5.18. The van der Waals surface area contributed by atoms with Crippen molar-refractivity contribution in [3.8, 4) is 0 Å². The molecule has 1 saturated carbocycles. The molecule has 0 amide bonds. The average Bonchev–Trinajstić information content (AvgIpc) is 3.52. The van der Waals surface area contributed by atoms with Crippen LogP contribution in [0.15, 0.2) is 84.6 Å². The maximum atomic E-state index is 10.1. The Morgan fingerprint density at radius 1 is 0.806 bits per heavy atom. The summed E-state index contributed by atoms with van der Waals surface area (Å²) in [6, 6.07) is 26.8. The second-order valence-corrected chi connectivity index (χ2v) is 9.18. The van der Waals surface area contributed by atoms with E-state index in [1.54, 1.807) is 0 Å². The van der Waals surface area contributed by atoms with Gasteiger partial charge in [0.05, 0.1) is 13.1 Å². The molecular formula is C29H30N2.